The third kappa shape index (κ3) is 6.82. The summed E-state index contributed by atoms with van der Waals surface area (Å²) in [6.45, 7) is 11.4. The van der Waals surface area contributed by atoms with E-state index in [-0.39, 0.29) is 0 Å². The predicted octanol–water partition coefficient (Wildman–Crippen LogP) is 5.28. The highest BCUT2D eigenvalue weighted by Gasteiger charge is 2.18. The average Bonchev–Trinajstić information content (AvgIpc) is 3.12. The molecule has 0 bridgehead atoms. The van der Waals surface area contributed by atoms with Crippen LogP contribution < -0.4 is 24.4 Å². The Morgan fingerprint density at radius 1 is 1.03 bits per heavy atom. The number of hydrogen-bond donors (Lipinski definition) is 1. The summed E-state index contributed by atoms with van der Waals surface area (Å²) >= 11 is 3.57. The second kappa shape index (κ2) is 13.1. The van der Waals surface area contributed by atoms with E-state index in [0.29, 0.717) is 49.2 Å². The van der Waals surface area contributed by atoms with Gasteiger partial charge in [-0.05, 0) is 86.4 Å². The van der Waals surface area contributed by atoms with Gasteiger partial charge in [0.15, 0.2) is 11.5 Å². The second-order valence-electron chi connectivity index (χ2n) is 8.01. The van der Waals surface area contributed by atoms with Crippen LogP contribution in [-0.2, 0) is 6.54 Å². The van der Waals surface area contributed by atoms with Crippen LogP contribution in [0.3, 0.4) is 0 Å². The molecule has 198 valence electrons. The number of aryl methyl sites for hydroxylation is 1. The maximum absolute atomic E-state index is 12.9. The largest absolute Gasteiger partial charge is 0.496 e. The maximum Gasteiger partial charge on any atom is 0.271 e. The van der Waals surface area contributed by atoms with Gasteiger partial charge in [0.05, 0.1) is 55.6 Å². The number of methoxy groups -OCH3 is 1. The van der Waals surface area contributed by atoms with Crippen LogP contribution in [0.1, 0.15) is 53.6 Å². The van der Waals surface area contributed by atoms with E-state index < -0.39 is 5.91 Å². The first kappa shape index (κ1) is 28.0. The van der Waals surface area contributed by atoms with Crippen molar-refractivity contribution in [3.63, 3.8) is 0 Å². The molecule has 10 heteroatoms. The van der Waals surface area contributed by atoms with Crippen LogP contribution in [0.4, 0.5) is 0 Å². The fraction of sp³-hybridized carbons (Fsp3) is 0.370. The zero-order valence-electron chi connectivity index (χ0n) is 22.1. The molecule has 1 N–H and O–H groups in total. The molecular formula is C27H33BrN4O5. The van der Waals surface area contributed by atoms with E-state index in [1.165, 1.54) is 0 Å². The first-order chi connectivity index (χ1) is 17.8. The summed E-state index contributed by atoms with van der Waals surface area (Å²) in [7, 11) is 1.63. The standard InChI is InChI=1S/C27H33BrN4O5/c1-7-35-23-13-20(14-24(36-8-2)26(23)37-9-3)27(33)30-29-15-19-10-11-22(34-6)21(12-19)16-32-18(5)25(28)17(4)31-32/h10-15H,7-9,16H2,1-6H3,(H,30,33). The van der Waals surface area contributed by atoms with Crippen molar-refractivity contribution < 1.29 is 23.7 Å². The SMILES string of the molecule is CCOc1cc(C(=O)NN=Cc2ccc(OC)c(Cn3nc(C)c(Br)c3C)c2)cc(OCC)c1OCC. The normalized spacial score (nSPS) is 11.0. The number of hydrogen-bond acceptors (Lipinski definition) is 7. The Bertz CT molecular complexity index is 1240. The van der Waals surface area contributed by atoms with Gasteiger partial charge in [-0.15, -0.1) is 0 Å². The molecule has 0 aliphatic rings. The number of ether oxygens (including phenoxy) is 4. The summed E-state index contributed by atoms with van der Waals surface area (Å²) < 4.78 is 25.5. The first-order valence-electron chi connectivity index (χ1n) is 12.1. The molecule has 1 aromatic heterocycles. The molecule has 0 atom stereocenters. The molecule has 37 heavy (non-hydrogen) atoms. The van der Waals surface area contributed by atoms with Crippen LogP contribution in [0.2, 0.25) is 0 Å². The van der Waals surface area contributed by atoms with Crippen molar-refractivity contribution in [2.75, 3.05) is 26.9 Å². The van der Waals surface area contributed by atoms with Gasteiger partial charge in [-0.3, -0.25) is 9.48 Å². The summed E-state index contributed by atoms with van der Waals surface area (Å²) in [6.07, 6.45) is 1.58. The van der Waals surface area contributed by atoms with E-state index in [1.807, 2.05) is 57.5 Å². The lowest BCUT2D eigenvalue weighted by atomic mass is 10.1. The van der Waals surface area contributed by atoms with Crippen LogP contribution in [0.5, 0.6) is 23.0 Å². The Kier molecular flexibility index (Phi) is 9.96. The Balaban J connectivity index is 1.80. The quantitative estimate of drug-likeness (QED) is 0.234. The van der Waals surface area contributed by atoms with Crippen LogP contribution in [-0.4, -0.2) is 48.8 Å². The van der Waals surface area contributed by atoms with Crippen molar-refractivity contribution in [3.8, 4) is 23.0 Å². The molecule has 0 aliphatic heterocycles. The molecule has 0 radical (unpaired) electrons. The van der Waals surface area contributed by atoms with Crippen molar-refractivity contribution in [1.29, 1.82) is 0 Å². The highest BCUT2D eigenvalue weighted by atomic mass is 79.9. The van der Waals surface area contributed by atoms with E-state index in [9.17, 15) is 4.79 Å². The molecule has 0 fully saturated rings. The number of aromatic nitrogens is 2. The highest BCUT2D eigenvalue weighted by Crippen LogP contribution is 2.39. The number of hydrazone groups is 1. The summed E-state index contributed by atoms with van der Waals surface area (Å²) in [4.78, 5) is 12.9. The minimum atomic E-state index is -0.401. The molecule has 2 aromatic carbocycles. The first-order valence-corrected chi connectivity index (χ1v) is 12.9. The number of carbonyl (C=O) groups is 1. The van der Waals surface area contributed by atoms with Crippen LogP contribution in [0.25, 0.3) is 0 Å². The van der Waals surface area contributed by atoms with Gasteiger partial charge in [-0.1, -0.05) is 0 Å². The van der Waals surface area contributed by atoms with Gasteiger partial charge < -0.3 is 18.9 Å². The van der Waals surface area contributed by atoms with Crippen molar-refractivity contribution in [3.05, 3.63) is 62.9 Å². The molecule has 3 aromatic rings. The number of halogens is 1. The average molecular weight is 573 g/mol. The minimum absolute atomic E-state index is 0.345. The fourth-order valence-corrected chi connectivity index (χ4v) is 4.03. The van der Waals surface area contributed by atoms with Gasteiger partial charge in [0.25, 0.3) is 5.91 Å². The zero-order chi connectivity index (χ0) is 26.9. The van der Waals surface area contributed by atoms with E-state index in [2.05, 4.69) is 31.6 Å². The van der Waals surface area contributed by atoms with Crippen LogP contribution >= 0.6 is 15.9 Å². The smallest absolute Gasteiger partial charge is 0.271 e. The summed E-state index contributed by atoms with van der Waals surface area (Å²) in [5.74, 6) is 1.71. The number of carbonyl (C=O) groups excluding carboxylic acids is 1. The molecule has 0 saturated carbocycles. The van der Waals surface area contributed by atoms with Crippen LogP contribution in [0.15, 0.2) is 39.9 Å². The zero-order valence-corrected chi connectivity index (χ0v) is 23.6. The van der Waals surface area contributed by atoms with E-state index in [4.69, 9.17) is 18.9 Å². The predicted molar refractivity (Wildman–Crippen MR) is 147 cm³/mol. The molecule has 0 saturated heterocycles. The van der Waals surface area contributed by atoms with Crippen LogP contribution in [0, 0.1) is 13.8 Å². The minimum Gasteiger partial charge on any atom is -0.496 e. The number of benzene rings is 2. The van der Waals surface area contributed by atoms with Gasteiger partial charge in [0, 0.05) is 11.1 Å². The van der Waals surface area contributed by atoms with E-state index in [1.54, 1.807) is 25.5 Å². The number of rotatable bonds is 12. The Morgan fingerprint density at radius 2 is 1.68 bits per heavy atom. The third-order valence-corrected chi connectivity index (χ3v) is 6.62. The fourth-order valence-electron chi connectivity index (χ4n) is 3.74. The molecule has 1 heterocycles. The van der Waals surface area contributed by atoms with Crippen molar-refractivity contribution in [2.45, 2.75) is 41.2 Å². The molecular weight excluding hydrogens is 540 g/mol. The summed E-state index contributed by atoms with van der Waals surface area (Å²) in [5.41, 5.74) is 6.61. The Morgan fingerprint density at radius 3 is 2.22 bits per heavy atom. The number of nitrogens with zero attached hydrogens (tertiary/aromatic N) is 3. The van der Waals surface area contributed by atoms with Gasteiger partial charge in [0.2, 0.25) is 5.75 Å². The van der Waals surface area contributed by atoms with Gasteiger partial charge >= 0.3 is 0 Å². The highest BCUT2D eigenvalue weighted by molar-refractivity contribution is 9.10. The molecule has 3 rings (SSSR count). The monoisotopic (exact) mass is 572 g/mol. The topological polar surface area (TPSA) is 96.2 Å². The lowest BCUT2D eigenvalue weighted by Gasteiger charge is -2.16. The molecule has 1 amide bonds. The lowest BCUT2D eigenvalue weighted by Crippen LogP contribution is -2.18. The Hall–Kier alpha value is -3.53. The summed E-state index contributed by atoms with van der Waals surface area (Å²) in [6, 6.07) is 8.94. The number of amides is 1. The van der Waals surface area contributed by atoms with E-state index in [0.717, 1.165) is 32.7 Å². The van der Waals surface area contributed by atoms with Crippen molar-refractivity contribution in [1.82, 2.24) is 15.2 Å². The Labute approximate surface area is 225 Å². The molecule has 0 spiro atoms. The lowest BCUT2D eigenvalue weighted by molar-refractivity contribution is 0.0954. The third-order valence-electron chi connectivity index (χ3n) is 5.47. The van der Waals surface area contributed by atoms with Crippen molar-refractivity contribution >= 4 is 28.1 Å². The van der Waals surface area contributed by atoms with Crippen molar-refractivity contribution in [2.24, 2.45) is 5.10 Å². The maximum atomic E-state index is 12.9. The number of nitrogens with one attached hydrogen (secondary N) is 1. The van der Waals surface area contributed by atoms with E-state index >= 15 is 0 Å². The van der Waals surface area contributed by atoms with Gasteiger partial charge in [0.1, 0.15) is 5.75 Å². The molecule has 9 nitrogen and oxygen atoms in total. The van der Waals surface area contributed by atoms with Gasteiger partial charge in [-0.2, -0.15) is 10.2 Å². The molecule has 0 unspecified atom stereocenters. The van der Waals surface area contributed by atoms with Gasteiger partial charge in [-0.25, -0.2) is 5.43 Å². The molecule has 0 aliphatic carbocycles. The second-order valence-corrected chi connectivity index (χ2v) is 8.81. The summed E-state index contributed by atoms with van der Waals surface area (Å²) in [5, 5.41) is 8.74.